The van der Waals surface area contributed by atoms with Crippen molar-refractivity contribution in [1.29, 1.82) is 0 Å². The van der Waals surface area contributed by atoms with E-state index in [9.17, 15) is 23.9 Å². The average Bonchev–Trinajstić information content (AvgIpc) is 3.33. The average molecular weight is 617 g/mol. The second-order valence-electron chi connectivity index (χ2n) is 9.57. The molecule has 4 atom stereocenters. The quantitative estimate of drug-likeness (QED) is 0.113. The topological polar surface area (TPSA) is 169 Å². The van der Waals surface area contributed by atoms with Gasteiger partial charge in [-0.25, -0.2) is 19.4 Å². The molecule has 1 aliphatic rings. The number of carbonyl (C=O) groups is 3. The van der Waals surface area contributed by atoms with E-state index in [1.54, 1.807) is 18.3 Å². The molecule has 0 bridgehead atoms. The lowest BCUT2D eigenvalue weighted by molar-refractivity contribution is -0.246. The molecule has 0 aromatic carbocycles. The van der Waals surface area contributed by atoms with Gasteiger partial charge in [-0.05, 0) is 48.5 Å². The van der Waals surface area contributed by atoms with Gasteiger partial charge in [0.1, 0.15) is 30.6 Å². The van der Waals surface area contributed by atoms with Crippen LogP contribution in [0.2, 0.25) is 0 Å². The Morgan fingerprint density at radius 3 is 1.98 bits per heavy atom. The van der Waals surface area contributed by atoms with Gasteiger partial charge in [0.15, 0.2) is 12.2 Å². The maximum atomic E-state index is 14.1. The summed E-state index contributed by atoms with van der Waals surface area (Å²) in [5, 5.41) is 11.8. The molecule has 230 valence electrons. The molecule has 5 rings (SSSR count). The predicted molar refractivity (Wildman–Crippen MR) is 150 cm³/mol. The second-order valence-corrected chi connectivity index (χ2v) is 9.57. The molecule has 4 aromatic rings. The number of aliphatic hydroxyl groups is 1. The molecule has 14 heteroatoms. The molecule has 0 spiro atoms. The van der Waals surface area contributed by atoms with Gasteiger partial charge in [-0.3, -0.25) is 15.0 Å². The van der Waals surface area contributed by atoms with Crippen molar-refractivity contribution in [2.24, 2.45) is 0 Å². The number of pyridine rings is 4. The Balaban J connectivity index is 1.45. The Kier molecular flexibility index (Phi) is 9.46. The van der Waals surface area contributed by atoms with E-state index in [0.29, 0.717) is 5.56 Å². The summed E-state index contributed by atoms with van der Waals surface area (Å²) in [6, 6.07) is 11.6. The summed E-state index contributed by atoms with van der Waals surface area (Å²) in [6.07, 6.45) is 4.76. The van der Waals surface area contributed by atoms with Gasteiger partial charge < -0.3 is 28.8 Å². The normalized spacial score (nSPS) is 20.5. The molecule has 45 heavy (non-hydrogen) atoms. The molecule has 1 fully saturated rings. The summed E-state index contributed by atoms with van der Waals surface area (Å²) >= 11 is 0. The van der Waals surface area contributed by atoms with Crippen LogP contribution < -0.4 is 0 Å². The third-order valence-corrected chi connectivity index (χ3v) is 6.53. The predicted octanol–water partition coefficient (Wildman–Crippen LogP) is 2.79. The maximum Gasteiger partial charge on any atom is 0.342 e. The highest BCUT2D eigenvalue weighted by Gasteiger charge is 2.60. The highest BCUT2D eigenvalue weighted by molar-refractivity contribution is 5.90. The lowest BCUT2D eigenvalue weighted by atomic mass is 10.0. The molecule has 1 N–H and O–H groups in total. The molecule has 13 nitrogen and oxygen atoms in total. The van der Waals surface area contributed by atoms with E-state index in [2.05, 4.69) is 26.5 Å². The Hall–Kier alpha value is -5.60. The fourth-order valence-corrected chi connectivity index (χ4v) is 4.31. The molecule has 4 aromatic heterocycles. The van der Waals surface area contributed by atoms with Crippen LogP contribution in [0.15, 0.2) is 98.5 Å². The Morgan fingerprint density at radius 2 is 1.40 bits per heavy atom. The monoisotopic (exact) mass is 616 g/mol. The zero-order chi connectivity index (χ0) is 31.8. The van der Waals surface area contributed by atoms with Gasteiger partial charge >= 0.3 is 17.9 Å². The number of hydrogen-bond donors (Lipinski definition) is 1. The molecular formula is C31H25FN4O9. The molecular weight excluding hydrogens is 591 g/mol. The van der Waals surface area contributed by atoms with E-state index in [-0.39, 0.29) is 16.9 Å². The van der Waals surface area contributed by atoms with Gasteiger partial charge in [-0.2, -0.15) is 4.39 Å². The van der Waals surface area contributed by atoms with Crippen LogP contribution in [0.25, 0.3) is 5.76 Å². The first-order chi connectivity index (χ1) is 21.7. The maximum absolute atomic E-state index is 14.1. The summed E-state index contributed by atoms with van der Waals surface area (Å²) in [5.41, 5.74) is 0.0521. The van der Waals surface area contributed by atoms with Crippen molar-refractivity contribution in [2.75, 3.05) is 13.2 Å². The van der Waals surface area contributed by atoms with Crippen molar-refractivity contribution in [3.63, 3.8) is 0 Å². The Labute approximate surface area is 255 Å². The summed E-state index contributed by atoms with van der Waals surface area (Å²) in [6.45, 7) is 2.47. The third-order valence-electron chi connectivity index (χ3n) is 6.53. The van der Waals surface area contributed by atoms with E-state index in [0.717, 1.165) is 12.3 Å². The zero-order valence-electron chi connectivity index (χ0n) is 23.4. The lowest BCUT2D eigenvalue weighted by Gasteiger charge is -2.30. The highest BCUT2D eigenvalue weighted by atomic mass is 19.1. The Morgan fingerprint density at radius 1 is 0.822 bits per heavy atom. The molecule has 0 saturated carbocycles. The van der Waals surface area contributed by atoms with E-state index in [4.69, 9.17) is 23.7 Å². The van der Waals surface area contributed by atoms with Crippen LogP contribution in [-0.2, 0) is 23.7 Å². The molecule has 1 saturated heterocycles. The van der Waals surface area contributed by atoms with Crippen molar-refractivity contribution in [3.8, 4) is 0 Å². The third kappa shape index (κ3) is 7.31. The smallest absolute Gasteiger partial charge is 0.342 e. The van der Waals surface area contributed by atoms with Gasteiger partial charge in [-0.15, -0.1) is 0 Å². The number of hydrogen-bond acceptors (Lipinski definition) is 13. The van der Waals surface area contributed by atoms with Crippen LogP contribution in [-0.4, -0.2) is 80.3 Å². The van der Waals surface area contributed by atoms with Crippen molar-refractivity contribution in [2.45, 2.75) is 24.1 Å². The number of esters is 3. The molecule has 1 aliphatic heterocycles. The largest absolute Gasteiger partial charge is 0.488 e. The van der Waals surface area contributed by atoms with Crippen molar-refractivity contribution in [1.82, 2.24) is 19.9 Å². The minimum absolute atomic E-state index is 0.0137. The number of aromatic nitrogens is 4. The number of nitrogens with zero attached hydrogens (tertiary/aromatic N) is 4. The standard InChI is InChI=1S/C31H25FN4O9/c1-19(20-6-2-10-33-14-20)42-18-31(40)26(44-29(38)22-8-4-12-35-16-22)25(43-28(37)21-7-3-11-34-15-21)24(45-31)17-41-30(39)23-9-5-13-36-27(23)32/h2-16,24-26,40H,1,17-18H2/t24-,25-,26+,31-/m1/s1. The molecule has 0 amide bonds. The van der Waals surface area contributed by atoms with Gasteiger partial charge in [0, 0.05) is 48.9 Å². The van der Waals surface area contributed by atoms with Crippen LogP contribution in [0.3, 0.4) is 0 Å². The molecule has 5 heterocycles. The summed E-state index contributed by atoms with van der Waals surface area (Å²) in [5.74, 6) is -6.45. The van der Waals surface area contributed by atoms with Crippen LogP contribution >= 0.6 is 0 Å². The Bertz CT molecular complexity index is 1660. The first-order valence-corrected chi connectivity index (χ1v) is 13.4. The number of carbonyl (C=O) groups excluding carboxylic acids is 3. The van der Waals surface area contributed by atoms with Gasteiger partial charge in [0.2, 0.25) is 11.7 Å². The van der Waals surface area contributed by atoms with E-state index in [1.165, 1.54) is 61.3 Å². The van der Waals surface area contributed by atoms with Crippen LogP contribution in [0.4, 0.5) is 4.39 Å². The highest BCUT2D eigenvalue weighted by Crippen LogP contribution is 2.36. The van der Waals surface area contributed by atoms with Crippen molar-refractivity contribution < 1.29 is 47.6 Å². The number of ether oxygens (including phenoxy) is 5. The minimum atomic E-state index is -2.49. The van der Waals surface area contributed by atoms with E-state index >= 15 is 0 Å². The van der Waals surface area contributed by atoms with Crippen molar-refractivity contribution in [3.05, 3.63) is 127 Å². The summed E-state index contributed by atoms with van der Waals surface area (Å²) < 4.78 is 42.3. The van der Waals surface area contributed by atoms with Crippen LogP contribution in [0.5, 0.6) is 0 Å². The second kappa shape index (κ2) is 13.8. The van der Waals surface area contributed by atoms with Crippen LogP contribution in [0.1, 0.15) is 36.6 Å². The first kappa shape index (κ1) is 30.8. The van der Waals surface area contributed by atoms with Gasteiger partial charge in [-0.1, -0.05) is 6.58 Å². The zero-order valence-corrected chi connectivity index (χ0v) is 23.4. The van der Waals surface area contributed by atoms with Gasteiger partial charge in [0.25, 0.3) is 0 Å². The summed E-state index contributed by atoms with van der Waals surface area (Å²) in [4.78, 5) is 54.2. The fraction of sp³-hybridized carbons (Fsp3) is 0.194. The molecule has 0 unspecified atom stereocenters. The lowest BCUT2D eigenvalue weighted by Crippen LogP contribution is -2.50. The SMILES string of the molecule is C=C(OC[C@@]1(O)O[C@H](COC(=O)c2cccnc2F)[C@@H](OC(=O)c2cccnc2)[C@@H]1OC(=O)c1cccnc1)c1cccnc1. The minimum Gasteiger partial charge on any atom is -0.488 e. The summed E-state index contributed by atoms with van der Waals surface area (Å²) in [7, 11) is 0. The molecule has 0 radical (unpaired) electrons. The van der Waals surface area contributed by atoms with E-state index < -0.39 is 66.7 Å². The van der Waals surface area contributed by atoms with Crippen molar-refractivity contribution >= 4 is 23.7 Å². The van der Waals surface area contributed by atoms with E-state index in [1.807, 2.05) is 0 Å². The van der Waals surface area contributed by atoms with Gasteiger partial charge in [0.05, 0.1) is 11.1 Å². The van der Waals surface area contributed by atoms with Crippen LogP contribution in [0, 0.1) is 5.95 Å². The fourth-order valence-electron chi connectivity index (χ4n) is 4.31. The number of rotatable bonds is 11. The molecule has 0 aliphatic carbocycles. The first-order valence-electron chi connectivity index (χ1n) is 13.4. The number of halogens is 1.